The van der Waals surface area contributed by atoms with Crippen LogP contribution in [0.25, 0.3) is 0 Å². The molecule has 1 aromatic carbocycles. The highest BCUT2D eigenvalue weighted by Gasteiger charge is 2.21. The van der Waals surface area contributed by atoms with Crippen molar-refractivity contribution in [2.24, 2.45) is 5.92 Å². The van der Waals surface area contributed by atoms with Gasteiger partial charge in [0.15, 0.2) is 0 Å². The van der Waals surface area contributed by atoms with E-state index in [9.17, 15) is 8.42 Å². The molecule has 0 atom stereocenters. The summed E-state index contributed by atoms with van der Waals surface area (Å²) in [6, 6.07) is 7.60. The Bertz CT molecular complexity index is 520. The molecule has 5 heteroatoms. The van der Waals surface area contributed by atoms with Crippen LogP contribution in [0.3, 0.4) is 0 Å². The lowest BCUT2D eigenvalue weighted by molar-refractivity contribution is 0.385. The molecule has 4 nitrogen and oxygen atoms in total. The lowest BCUT2D eigenvalue weighted by Gasteiger charge is -2.21. The number of anilines is 1. The van der Waals surface area contributed by atoms with Crippen molar-refractivity contribution in [1.29, 1.82) is 0 Å². The van der Waals surface area contributed by atoms with Gasteiger partial charge in [-0.25, -0.2) is 8.42 Å². The molecule has 1 aliphatic carbocycles. The molecule has 0 aliphatic heterocycles. The summed E-state index contributed by atoms with van der Waals surface area (Å²) in [6.45, 7) is 3.80. The molecular formula is C16H26N2O2S. The number of rotatable bonds is 7. The molecule has 1 fully saturated rings. The van der Waals surface area contributed by atoms with Crippen LogP contribution in [-0.2, 0) is 16.6 Å². The van der Waals surface area contributed by atoms with E-state index in [1.165, 1.54) is 19.3 Å². The van der Waals surface area contributed by atoms with Crippen LogP contribution in [0.2, 0.25) is 0 Å². The lowest BCUT2D eigenvalue weighted by atomic mass is 9.91. The predicted molar refractivity (Wildman–Crippen MR) is 87.8 cm³/mol. The molecule has 1 saturated carbocycles. The fourth-order valence-corrected chi connectivity index (χ4v) is 4.38. The first-order valence-electron chi connectivity index (χ1n) is 7.89. The van der Waals surface area contributed by atoms with Crippen LogP contribution < -0.4 is 10.0 Å². The van der Waals surface area contributed by atoms with Crippen LogP contribution in [-0.4, -0.2) is 20.7 Å². The number of hydrogen-bond acceptors (Lipinski definition) is 3. The van der Waals surface area contributed by atoms with E-state index in [0.29, 0.717) is 11.6 Å². The molecule has 0 spiro atoms. The van der Waals surface area contributed by atoms with Gasteiger partial charge in [-0.3, -0.25) is 4.72 Å². The van der Waals surface area contributed by atoms with Gasteiger partial charge in [0.2, 0.25) is 10.0 Å². The van der Waals surface area contributed by atoms with E-state index in [1.807, 2.05) is 24.3 Å². The van der Waals surface area contributed by atoms with Crippen molar-refractivity contribution in [2.75, 3.05) is 17.0 Å². The number of benzene rings is 1. The fraction of sp³-hybridized carbons (Fsp3) is 0.625. The van der Waals surface area contributed by atoms with Gasteiger partial charge >= 0.3 is 0 Å². The molecule has 118 valence electrons. The molecule has 0 unspecified atom stereocenters. The summed E-state index contributed by atoms with van der Waals surface area (Å²) in [5.41, 5.74) is 1.82. The van der Waals surface area contributed by atoms with Gasteiger partial charge in [0.25, 0.3) is 0 Å². The first-order chi connectivity index (χ1) is 10.1. The van der Waals surface area contributed by atoms with E-state index < -0.39 is 10.0 Å². The van der Waals surface area contributed by atoms with Gasteiger partial charge in [0, 0.05) is 12.2 Å². The Kier molecular flexibility index (Phi) is 6.06. The summed E-state index contributed by atoms with van der Waals surface area (Å²) in [7, 11) is -3.23. The van der Waals surface area contributed by atoms with Crippen LogP contribution in [0.1, 0.15) is 44.6 Å². The maximum absolute atomic E-state index is 12.2. The summed E-state index contributed by atoms with van der Waals surface area (Å²) in [5, 5.41) is 3.25. The quantitative estimate of drug-likeness (QED) is 0.813. The standard InChI is InChI=1S/C16H26N2O2S/c1-2-17-12-14-8-10-16(11-9-14)18-21(19,20)13-15-6-4-3-5-7-15/h8-11,15,17-18H,2-7,12-13H2,1H3. The third kappa shape index (κ3) is 5.67. The van der Waals surface area contributed by atoms with Gasteiger partial charge in [-0.1, -0.05) is 38.3 Å². The molecule has 0 bridgehead atoms. The summed E-state index contributed by atoms with van der Waals surface area (Å²) in [5.74, 6) is 0.579. The molecule has 0 heterocycles. The van der Waals surface area contributed by atoms with Crippen LogP contribution >= 0.6 is 0 Å². The molecule has 21 heavy (non-hydrogen) atoms. The van der Waals surface area contributed by atoms with E-state index in [1.54, 1.807) is 0 Å². The van der Waals surface area contributed by atoms with Gasteiger partial charge in [-0.15, -0.1) is 0 Å². The highest BCUT2D eigenvalue weighted by Crippen LogP contribution is 2.25. The smallest absolute Gasteiger partial charge is 0.232 e. The monoisotopic (exact) mass is 310 g/mol. The molecule has 0 saturated heterocycles. The molecule has 1 aliphatic rings. The second kappa shape index (κ2) is 7.80. The SMILES string of the molecule is CCNCc1ccc(NS(=O)(=O)CC2CCCCC2)cc1. The Labute approximate surface area is 128 Å². The van der Waals surface area contributed by atoms with Crippen molar-refractivity contribution in [3.05, 3.63) is 29.8 Å². The highest BCUT2D eigenvalue weighted by atomic mass is 32.2. The van der Waals surface area contributed by atoms with Crippen LogP contribution in [0.5, 0.6) is 0 Å². The van der Waals surface area contributed by atoms with Gasteiger partial charge in [-0.2, -0.15) is 0 Å². The second-order valence-corrected chi connectivity index (χ2v) is 7.63. The molecule has 0 aromatic heterocycles. The first-order valence-corrected chi connectivity index (χ1v) is 9.54. The average molecular weight is 310 g/mol. The minimum Gasteiger partial charge on any atom is -0.313 e. The summed E-state index contributed by atoms with van der Waals surface area (Å²) < 4.78 is 27.1. The fourth-order valence-electron chi connectivity index (χ4n) is 2.85. The van der Waals surface area contributed by atoms with E-state index in [-0.39, 0.29) is 5.75 Å². The van der Waals surface area contributed by atoms with Crippen molar-refractivity contribution in [1.82, 2.24) is 5.32 Å². The molecule has 0 amide bonds. The van der Waals surface area contributed by atoms with Crippen LogP contribution in [0, 0.1) is 5.92 Å². The largest absolute Gasteiger partial charge is 0.313 e. The molecule has 0 radical (unpaired) electrons. The molecule has 2 N–H and O–H groups in total. The zero-order valence-corrected chi connectivity index (χ0v) is 13.6. The van der Waals surface area contributed by atoms with Crippen molar-refractivity contribution in [3.63, 3.8) is 0 Å². The number of sulfonamides is 1. The second-order valence-electron chi connectivity index (χ2n) is 5.86. The van der Waals surface area contributed by atoms with Crippen molar-refractivity contribution in [3.8, 4) is 0 Å². The summed E-state index contributed by atoms with van der Waals surface area (Å²) in [4.78, 5) is 0. The van der Waals surface area contributed by atoms with Crippen molar-refractivity contribution in [2.45, 2.75) is 45.6 Å². The molecular weight excluding hydrogens is 284 g/mol. The minimum atomic E-state index is -3.23. The average Bonchev–Trinajstić information content (AvgIpc) is 2.47. The number of nitrogens with one attached hydrogen (secondary N) is 2. The van der Waals surface area contributed by atoms with Gasteiger partial charge < -0.3 is 5.32 Å². The number of hydrogen-bond donors (Lipinski definition) is 2. The topological polar surface area (TPSA) is 58.2 Å². The Morgan fingerprint density at radius 2 is 1.76 bits per heavy atom. The third-order valence-electron chi connectivity index (χ3n) is 3.99. The Balaban J connectivity index is 1.89. The van der Waals surface area contributed by atoms with Crippen molar-refractivity contribution < 1.29 is 8.42 Å². The van der Waals surface area contributed by atoms with E-state index >= 15 is 0 Å². The van der Waals surface area contributed by atoms with Crippen molar-refractivity contribution >= 4 is 15.7 Å². The third-order valence-corrected chi connectivity index (χ3v) is 5.44. The van der Waals surface area contributed by atoms with E-state index in [2.05, 4.69) is 17.0 Å². The van der Waals surface area contributed by atoms with Gasteiger partial charge in [-0.05, 0) is 43.0 Å². The van der Waals surface area contributed by atoms with Gasteiger partial charge in [0.1, 0.15) is 0 Å². The molecule has 1 aromatic rings. The van der Waals surface area contributed by atoms with Crippen LogP contribution in [0.4, 0.5) is 5.69 Å². The first kappa shape index (κ1) is 16.3. The van der Waals surface area contributed by atoms with Crippen LogP contribution in [0.15, 0.2) is 24.3 Å². The molecule has 2 rings (SSSR count). The predicted octanol–water partition coefficient (Wildman–Crippen LogP) is 3.12. The van der Waals surface area contributed by atoms with Gasteiger partial charge in [0.05, 0.1) is 5.75 Å². The minimum absolute atomic E-state index is 0.256. The normalized spacial score (nSPS) is 16.8. The zero-order valence-electron chi connectivity index (χ0n) is 12.8. The zero-order chi connectivity index (χ0) is 15.1. The Hall–Kier alpha value is -1.07. The maximum atomic E-state index is 12.2. The maximum Gasteiger partial charge on any atom is 0.232 e. The van der Waals surface area contributed by atoms with E-state index in [0.717, 1.165) is 31.5 Å². The summed E-state index contributed by atoms with van der Waals surface area (Å²) >= 11 is 0. The summed E-state index contributed by atoms with van der Waals surface area (Å²) in [6.07, 6.45) is 5.67. The lowest BCUT2D eigenvalue weighted by Crippen LogP contribution is -2.24. The van der Waals surface area contributed by atoms with E-state index in [4.69, 9.17) is 0 Å². The Morgan fingerprint density at radius 3 is 2.38 bits per heavy atom. The Morgan fingerprint density at radius 1 is 1.10 bits per heavy atom. The highest BCUT2D eigenvalue weighted by molar-refractivity contribution is 7.92.